The first-order valence-corrected chi connectivity index (χ1v) is 4.72. The maximum atomic E-state index is 13.3. The van der Waals surface area contributed by atoms with Gasteiger partial charge in [0.15, 0.2) is 0 Å². The van der Waals surface area contributed by atoms with Gasteiger partial charge < -0.3 is 5.11 Å². The van der Waals surface area contributed by atoms with Crippen LogP contribution in [-0.2, 0) is 4.79 Å². The molecule has 1 rings (SSSR count). The second-order valence-electron chi connectivity index (χ2n) is 4.00. The lowest BCUT2D eigenvalue weighted by Crippen LogP contribution is -2.38. The smallest absolute Gasteiger partial charge is 0.422 e. The summed E-state index contributed by atoms with van der Waals surface area (Å²) in [6.45, 7) is 0. The van der Waals surface area contributed by atoms with Crippen molar-refractivity contribution in [2.24, 2.45) is 5.92 Å². The third kappa shape index (κ3) is 2.82. The predicted octanol–water partition coefficient (Wildman–Crippen LogP) is 2.92. The second kappa shape index (κ2) is 3.98. The molecule has 2 unspecified atom stereocenters. The Bertz CT molecular complexity index is 251. The maximum Gasteiger partial charge on any atom is 0.422 e. The Morgan fingerprint density at radius 1 is 1.47 bits per heavy atom. The summed E-state index contributed by atoms with van der Waals surface area (Å²) in [5.74, 6) is -1.52. The van der Waals surface area contributed by atoms with Crippen LogP contribution in [0, 0.1) is 5.92 Å². The molecule has 2 atom stereocenters. The molecule has 0 bridgehead atoms. The Morgan fingerprint density at radius 2 is 2.07 bits per heavy atom. The Hall–Kier alpha value is -0.810. The van der Waals surface area contributed by atoms with Gasteiger partial charge in [-0.2, -0.15) is 13.2 Å². The van der Waals surface area contributed by atoms with Crippen LogP contribution in [0.5, 0.6) is 0 Å². The molecular weight excluding hydrogens is 216 g/mol. The molecular formula is C9H12F4O2. The van der Waals surface area contributed by atoms with E-state index in [0.717, 1.165) is 0 Å². The van der Waals surface area contributed by atoms with Crippen molar-refractivity contribution in [2.75, 3.05) is 0 Å². The summed E-state index contributed by atoms with van der Waals surface area (Å²) in [6.07, 6.45) is -5.92. The summed E-state index contributed by atoms with van der Waals surface area (Å²) in [5.41, 5.74) is -3.10. The highest BCUT2D eigenvalue weighted by Gasteiger charge is 2.58. The van der Waals surface area contributed by atoms with Gasteiger partial charge in [0, 0.05) is 6.42 Å². The molecule has 0 radical (unpaired) electrons. The van der Waals surface area contributed by atoms with Crippen molar-refractivity contribution in [3.8, 4) is 0 Å². The fraction of sp³-hybridized carbons (Fsp3) is 0.889. The molecule has 0 aromatic carbocycles. The normalized spacial score (nSPS) is 31.9. The van der Waals surface area contributed by atoms with E-state index in [0.29, 0.717) is 0 Å². The summed E-state index contributed by atoms with van der Waals surface area (Å²) >= 11 is 0. The molecule has 1 fully saturated rings. The highest BCUT2D eigenvalue weighted by Crippen LogP contribution is 2.49. The van der Waals surface area contributed by atoms with Crippen molar-refractivity contribution in [2.45, 2.75) is 43.9 Å². The number of hydrogen-bond acceptors (Lipinski definition) is 1. The fourth-order valence-corrected chi connectivity index (χ4v) is 1.93. The van der Waals surface area contributed by atoms with Gasteiger partial charge in [0.2, 0.25) is 5.67 Å². The van der Waals surface area contributed by atoms with Crippen LogP contribution in [0.15, 0.2) is 0 Å². The Morgan fingerprint density at radius 3 is 2.47 bits per heavy atom. The summed E-state index contributed by atoms with van der Waals surface area (Å²) < 4.78 is 50.0. The van der Waals surface area contributed by atoms with Gasteiger partial charge in [0.25, 0.3) is 0 Å². The van der Waals surface area contributed by atoms with E-state index in [1.165, 1.54) is 0 Å². The zero-order valence-electron chi connectivity index (χ0n) is 7.98. The Kier molecular flexibility index (Phi) is 3.25. The number of carbonyl (C=O) groups is 1. The van der Waals surface area contributed by atoms with Gasteiger partial charge in [-0.1, -0.05) is 0 Å². The number of alkyl halides is 4. The van der Waals surface area contributed by atoms with Crippen molar-refractivity contribution < 1.29 is 27.5 Å². The topological polar surface area (TPSA) is 37.3 Å². The van der Waals surface area contributed by atoms with E-state index < -0.39 is 36.6 Å². The van der Waals surface area contributed by atoms with Crippen molar-refractivity contribution in [1.29, 1.82) is 0 Å². The first-order valence-electron chi connectivity index (χ1n) is 4.72. The lowest BCUT2D eigenvalue weighted by atomic mass is 9.98. The first kappa shape index (κ1) is 12.3. The van der Waals surface area contributed by atoms with Gasteiger partial charge in [0.05, 0.1) is 0 Å². The highest BCUT2D eigenvalue weighted by molar-refractivity contribution is 5.66. The second-order valence-corrected chi connectivity index (χ2v) is 4.00. The average molecular weight is 228 g/mol. The van der Waals surface area contributed by atoms with Crippen LogP contribution in [0.4, 0.5) is 17.6 Å². The SMILES string of the molecule is O=C(O)CCC1CCC(F)(C(F)(F)F)C1. The predicted molar refractivity (Wildman–Crippen MR) is 44.1 cm³/mol. The first-order chi connectivity index (χ1) is 6.74. The summed E-state index contributed by atoms with van der Waals surface area (Å²) in [6, 6.07) is 0. The molecule has 0 amide bonds. The lowest BCUT2D eigenvalue weighted by molar-refractivity contribution is -0.228. The zero-order valence-corrected chi connectivity index (χ0v) is 7.98. The van der Waals surface area contributed by atoms with Crippen molar-refractivity contribution in [1.82, 2.24) is 0 Å². The molecule has 6 heteroatoms. The molecule has 0 aliphatic heterocycles. The fourth-order valence-electron chi connectivity index (χ4n) is 1.93. The number of carboxylic acid groups (broad SMARTS) is 1. The lowest BCUT2D eigenvalue weighted by Gasteiger charge is -2.22. The minimum absolute atomic E-state index is 0.114. The van der Waals surface area contributed by atoms with Gasteiger partial charge in [-0.05, 0) is 31.6 Å². The van der Waals surface area contributed by atoms with Crippen LogP contribution >= 0.6 is 0 Å². The summed E-state index contributed by atoms with van der Waals surface area (Å²) in [5, 5.41) is 8.35. The number of hydrogen-bond donors (Lipinski definition) is 1. The number of aliphatic carboxylic acids is 1. The monoisotopic (exact) mass is 228 g/mol. The van der Waals surface area contributed by atoms with Crippen LogP contribution < -0.4 is 0 Å². The molecule has 0 aromatic rings. The molecule has 1 N–H and O–H groups in total. The van der Waals surface area contributed by atoms with Crippen LogP contribution in [0.2, 0.25) is 0 Å². The van der Waals surface area contributed by atoms with Crippen LogP contribution in [0.3, 0.4) is 0 Å². The minimum Gasteiger partial charge on any atom is -0.481 e. The van der Waals surface area contributed by atoms with E-state index >= 15 is 0 Å². The van der Waals surface area contributed by atoms with Crippen molar-refractivity contribution in [3.05, 3.63) is 0 Å². The van der Waals surface area contributed by atoms with E-state index in [9.17, 15) is 22.4 Å². The molecule has 1 aliphatic rings. The van der Waals surface area contributed by atoms with Gasteiger partial charge in [-0.3, -0.25) is 4.79 Å². The average Bonchev–Trinajstić information content (AvgIpc) is 2.44. The van der Waals surface area contributed by atoms with Gasteiger partial charge in [0.1, 0.15) is 0 Å². The molecule has 0 saturated heterocycles. The Balaban J connectivity index is 2.48. The molecule has 0 aromatic heterocycles. The summed E-state index contributed by atoms with van der Waals surface area (Å²) in [7, 11) is 0. The highest BCUT2D eigenvalue weighted by atomic mass is 19.4. The van der Waals surface area contributed by atoms with E-state index in [2.05, 4.69) is 0 Å². The molecule has 2 nitrogen and oxygen atoms in total. The quantitative estimate of drug-likeness (QED) is 0.754. The molecule has 88 valence electrons. The van der Waals surface area contributed by atoms with E-state index in [1.54, 1.807) is 0 Å². The largest absolute Gasteiger partial charge is 0.481 e. The number of carboxylic acids is 1. The third-order valence-electron chi connectivity index (χ3n) is 2.84. The van der Waals surface area contributed by atoms with Crippen LogP contribution in [0.1, 0.15) is 32.1 Å². The molecule has 0 heterocycles. The Labute approximate surface area is 84.3 Å². The standard InChI is InChI=1S/C9H12F4O2/c10-8(9(11,12)13)4-3-6(5-8)1-2-7(14)15/h6H,1-5H2,(H,14,15). The molecule has 15 heavy (non-hydrogen) atoms. The minimum atomic E-state index is -4.83. The van der Waals surface area contributed by atoms with Crippen molar-refractivity contribution in [3.63, 3.8) is 0 Å². The van der Waals surface area contributed by atoms with Gasteiger partial charge >= 0.3 is 12.1 Å². The van der Waals surface area contributed by atoms with Crippen LogP contribution in [0.25, 0.3) is 0 Å². The van der Waals surface area contributed by atoms with Gasteiger partial charge in [-0.25, -0.2) is 4.39 Å². The maximum absolute atomic E-state index is 13.3. The van der Waals surface area contributed by atoms with Crippen molar-refractivity contribution >= 4 is 5.97 Å². The zero-order chi connectivity index (χ0) is 11.7. The van der Waals surface area contributed by atoms with E-state index in [1.807, 2.05) is 0 Å². The number of rotatable bonds is 3. The van der Waals surface area contributed by atoms with E-state index in [4.69, 9.17) is 5.11 Å². The van der Waals surface area contributed by atoms with Gasteiger partial charge in [-0.15, -0.1) is 0 Å². The van der Waals surface area contributed by atoms with E-state index in [-0.39, 0.29) is 19.3 Å². The molecule has 1 aliphatic carbocycles. The third-order valence-corrected chi connectivity index (χ3v) is 2.84. The summed E-state index contributed by atoms with van der Waals surface area (Å²) in [4.78, 5) is 10.2. The number of halogens is 4. The molecule has 1 saturated carbocycles. The van der Waals surface area contributed by atoms with Crippen LogP contribution in [-0.4, -0.2) is 22.9 Å². The molecule has 0 spiro atoms.